The van der Waals surface area contributed by atoms with Gasteiger partial charge in [-0.25, -0.2) is 4.39 Å². The van der Waals surface area contributed by atoms with E-state index in [1.54, 1.807) is 24.5 Å². The zero-order chi connectivity index (χ0) is 27.1. The molecule has 1 heterocycles. The van der Waals surface area contributed by atoms with Crippen LogP contribution in [0.3, 0.4) is 0 Å². The molecule has 0 bridgehead atoms. The second-order valence-electron chi connectivity index (χ2n) is 9.10. The number of carbonyl (C=O) groups is 3. The van der Waals surface area contributed by atoms with Gasteiger partial charge in [-0.2, -0.15) is 0 Å². The van der Waals surface area contributed by atoms with Crippen molar-refractivity contribution in [2.75, 3.05) is 14.2 Å². The Morgan fingerprint density at radius 3 is 1.79 bits per heavy atom. The minimum absolute atomic E-state index is 0.0703. The average Bonchev–Trinajstić information content (AvgIpc) is 3.17. The highest BCUT2D eigenvalue weighted by Gasteiger charge is 2.28. The van der Waals surface area contributed by atoms with Crippen molar-refractivity contribution in [2.45, 2.75) is 44.2 Å². The van der Waals surface area contributed by atoms with E-state index >= 15 is 0 Å². The number of benzene rings is 2. The molecule has 4 rings (SSSR count). The fourth-order valence-corrected chi connectivity index (χ4v) is 4.66. The van der Waals surface area contributed by atoms with Gasteiger partial charge < -0.3 is 20.1 Å². The highest BCUT2D eigenvalue weighted by Crippen LogP contribution is 2.31. The molecular weight excluding hydrogens is 489 g/mol. The first-order valence-electron chi connectivity index (χ1n) is 12.5. The van der Waals surface area contributed by atoms with Gasteiger partial charge in [0.05, 0.1) is 14.2 Å². The Kier molecular flexibility index (Phi) is 8.68. The third-order valence-electron chi connectivity index (χ3n) is 6.74. The maximum absolute atomic E-state index is 14.9. The fraction of sp³-hybridized carbons (Fsp3) is 0.310. The number of amides is 2. The first-order chi connectivity index (χ1) is 18.4. The molecular formula is C29H30FN3O5. The summed E-state index contributed by atoms with van der Waals surface area (Å²) in [5.41, 5.74) is 0.820. The van der Waals surface area contributed by atoms with Crippen LogP contribution in [0.4, 0.5) is 4.39 Å². The molecule has 198 valence electrons. The van der Waals surface area contributed by atoms with Crippen LogP contribution in [0, 0.1) is 5.82 Å². The summed E-state index contributed by atoms with van der Waals surface area (Å²) in [7, 11) is 2.67. The monoisotopic (exact) mass is 519 g/mol. The minimum Gasteiger partial charge on any atom is -0.496 e. The van der Waals surface area contributed by atoms with Crippen molar-refractivity contribution < 1.29 is 28.2 Å². The van der Waals surface area contributed by atoms with E-state index in [2.05, 4.69) is 15.6 Å². The van der Waals surface area contributed by atoms with Crippen LogP contribution < -0.4 is 20.1 Å². The number of hydrogen-bond donors (Lipinski definition) is 2. The Morgan fingerprint density at radius 1 is 0.737 bits per heavy atom. The molecule has 0 radical (unpaired) electrons. The molecule has 0 spiro atoms. The number of rotatable bonds is 8. The van der Waals surface area contributed by atoms with Crippen LogP contribution in [0.5, 0.6) is 11.5 Å². The summed E-state index contributed by atoms with van der Waals surface area (Å²) >= 11 is 0. The van der Waals surface area contributed by atoms with Gasteiger partial charge in [0.25, 0.3) is 11.8 Å². The van der Waals surface area contributed by atoms with E-state index in [0.29, 0.717) is 11.1 Å². The second kappa shape index (κ2) is 12.3. The molecule has 1 aromatic heterocycles. The molecule has 0 saturated heterocycles. The van der Waals surface area contributed by atoms with Crippen molar-refractivity contribution in [3.05, 3.63) is 89.0 Å². The second-order valence-corrected chi connectivity index (χ2v) is 9.10. The lowest BCUT2D eigenvalue weighted by Crippen LogP contribution is -2.51. The standard InChI is InChI=1S/C29H30FN3O5/c1-37-23-12-13-24(38-2)26(30)25(23)27(34)18-8-10-19(11-9-18)28(35)32-21-6-4-3-5-7-22(21)33-29(36)20-14-16-31-17-15-20/h8-17,21-22H,3-7H2,1-2H3,(H,32,35)(H,33,36)/t21-,22-/m1/s1. The van der Waals surface area contributed by atoms with Gasteiger partial charge in [0.2, 0.25) is 0 Å². The number of pyridine rings is 1. The largest absolute Gasteiger partial charge is 0.496 e. The molecule has 2 atom stereocenters. The van der Waals surface area contributed by atoms with Gasteiger partial charge in [0, 0.05) is 41.2 Å². The van der Waals surface area contributed by atoms with Crippen LogP contribution in [0.25, 0.3) is 0 Å². The number of halogens is 1. The summed E-state index contributed by atoms with van der Waals surface area (Å²) < 4.78 is 25.0. The smallest absolute Gasteiger partial charge is 0.251 e. The molecule has 0 unspecified atom stereocenters. The van der Waals surface area contributed by atoms with Crippen LogP contribution >= 0.6 is 0 Å². The van der Waals surface area contributed by atoms with Gasteiger partial charge in [0.1, 0.15) is 11.3 Å². The highest BCUT2D eigenvalue weighted by molar-refractivity contribution is 6.11. The highest BCUT2D eigenvalue weighted by atomic mass is 19.1. The third kappa shape index (κ3) is 5.99. The predicted octanol–water partition coefficient (Wildman–Crippen LogP) is 4.33. The number of ether oxygens (including phenoxy) is 2. The Hall–Kier alpha value is -4.27. The lowest BCUT2D eigenvalue weighted by atomic mass is 9.99. The topological polar surface area (TPSA) is 107 Å². The summed E-state index contributed by atoms with van der Waals surface area (Å²) in [5, 5.41) is 6.12. The number of carbonyl (C=O) groups excluding carboxylic acids is 3. The molecule has 8 nitrogen and oxygen atoms in total. The molecule has 2 N–H and O–H groups in total. The van der Waals surface area contributed by atoms with Crippen LogP contribution in [0.2, 0.25) is 0 Å². The summed E-state index contributed by atoms with van der Waals surface area (Å²) in [6.07, 6.45) is 7.53. The Bertz CT molecular complexity index is 1300. The Labute approximate surface area is 220 Å². The average molecular weight is 520 g/mol. The van der Waals surface area contributed by atoms with Gasteiger partial charge in [0.15, 0.2) is 17.3 Å². The first-order valence-corrected chi connectivity index (χ1v) is 12.5. The lowest BCUT2D eigenvalue weighted by molar-refractivity contribution is 0.0879. The van der Waals surface area contributed by atoms with E-state index in [4.69, 9.17) is 9.47 Å². The molecule has 38 heavy (non-hydrogen) atoms. The van der Waals surface area contributed by atoms with E-state index < -0.39 is 11.6 Å². The first kappa shape index (κ1) is 26.8. The van der Waals surface area contributed by atoms with Crippen molar-refractivity contribution in [1.82, 2.24) is 15.6 Å². The number of methoxy groups -OCH3 is 2. The molecule has 1 aliphatic rings. The number of nitrogens with zero attached hydrogens (tertiary/aromatic N) is 1. The van der Waals surface area contributed by atoms with E-state index in [1.807, 2.05) is 0 Å². The number of ketones is 1. The van der Waals surface area contributed by atoms with E-state index in [1.165, 1.54) is 50.6 Å². The third-order valence-corrected chi connectivity index (χ3v) is 6.74. The van der Waals surface area contributed by atoms with Crippen LogP contribution in [0.15, 0.2) is 60.9 Å². The molecule has 0 aliphatic heterocycles. The van der Waals surface area contributed by atoms with Gasteiger partial charge >= 0.3 is 0 Å². The molecule has 1 aliphatic carbocycles. The summed E-state index contributed by atoms with van der Waals surface area (Å²) in [5.74, 6) is -1.91. The molecule has 2 aromatic carbocycles. The Balaban J connectivity index is 1.48. The van der Waals surface area contributed by atoms with E-state index in [0.717, 1.165) is 32.1 Å². The minimum atomic E-state index is -0.813. The van der Waals surface area contributed by atoms with Gasteiger partial charge in [-0.15, -0.1) is 0 Å². The molecule has 1 saturated carbocycles. The quantitative estimate of drug-likeness (QED) is 0.339. The number of hydrogen-bond acceptors (Lipinski definition) is 6. The molecule has 3 aromatic rings. The zero-order valence-electron chi connectivity index (χ0n) is 21.3. The molecule has 2 amide bonds. The van der Waals surface area contributed by atoms with Gasteiger partial charge in [-0.3, -0.25) is 19.4 Å². The van der Waals surface area contributed by atoms with Gasteiger partial charge in [-0.05, 0) is 49.2 Å². The fourth-order valence-electron chi connectivity index (χ4n) is 4.66. The van der Waals surface area contributed by atoms with Crippen molar-refractivity contribution in [1.29, 1.82) is 0 Å². The van der Waals surface area contributed by atoms with Crippen molar-refractivity contribution in [3.8, 4) is 11.5 Å². The molecule has 9 heteroatoms. The van der Waals surface area contributed by atoms with Crippen molar-refractivity contribution >= 4 is 17.6 Å². The van der Waals surface area contributed by atoms with E-state index in [-0.39, 0.29) is 46.5 Å². The number of nitrogens with one attached hydrogen (secondary N) is 2. The van der Waals surface area contributed by atoms with Crippen molar-refractivity contribution in [2.24, 2.45) is 0 Å². The summed E-state index contributed by atoms with van der Waals surface area (Å²) in [6.45, 7) is 0. The number of aromatic nitrogens is 1. The van der Waals surface area contributed by atoms with E-state index in [9.17, 15) is 18.8 Å². The predicted molar refractivity (Wildman–Crippen MR) is 139 cm³/mol. The van der Waals surface area contributed by atoms with Gasteiger partial charge in [-0.1, -0.05) is 31.4 Å². The maximum atomic E-state index is 14.9. The summed E-state index contributed by atoms with van der Waals surface area (Å²) in [4.78, 5) is 42.9. The Morgan fingerprint density at radius 2 is 1.24 bits per heavy atom. The normalized spacial score (nSPS) is 17.1. The molecule has 1 fully saturated rings. The van der Waals surface area contributed by atoms with Crippen LogP contribution in [0.1, 0.15) is 68.7 Å². The SMILES string of the molecule is COc1ccc(OC)c(C(=O)c2ccc(C(=O)N[C@@H]3CCCCC[C@H]3NC(=O)c3ccncc3)cc2)c1F. The lowest BCUT2D eigenvalue weighted by Gasteiger charge is -2.27. The summed E-state index contributed by atoms with van der Waals surface area (Å²) in [6, 6.07) is 11.7. The van der Waals surface area contributed by atoms with Crippen LogP contribution in [-0.2, 0) is 0 Å². The maximum Gasteiger partial charge on any atom is 0.251 e. The van der Waals surface area contributed by atoms with Crippen LogP contribution in [-0.4, -0.2) is 48.9 Å². The van der Waals surface area contributed by atoms with Crippen molar-refractivity contribution in [3.63, 3.8) is 0 Å². The zero-order valence-corrected chi connectivity index (χ0v) is 21.3.